The number of nitrogen functional groups attached to an aromatic ring is 1. The van der Waals surface area contributed by atoms with Crippen LogP contribution in [0.15, 0.2) is 11.4 Å². The second-order valence-electron chi connectivity index (χ2n) is 3.84. The molecule has 4 nitrogen and oxygen atoms in total. The van der Waals surface area contributed by atoms with E-state index in [1.54, 1.807) is 11.8 Å². The minimum Gasteiger partial charge on any atom is -0.383 e. The van der Waals surface area contributed by atoms with E-state index in [2.05, 4.69) is 16.9 Å². The molecule has 0 spiro atoms. The van der Waals surface area contributed by atoms with Gasteiger partial charge in [0.15, 0.2) is 0 Å². The van der Waals surface area contributed by atoms with Gasteiger partial charge in [-0.1, -0.05) is 6.92 Å². The van der Waals surface area contributed by atoms with Crippen LogP contribution in [0.2, 0.25) is 0 Å². The van der Waals surface area contributed by atoms with Crippen molar-refractivity contribution in [3.63, 3.8) is 0 Å². The molecule has 0 radical (unpaired) electrons. The van der Waals surface area contributed by atoms with Crippen LogP contribution >= 0.6 is 11.8 Å². The van der Waals surface area contributed by atoms with E-state index < -0.39 is 0 Å². The summed E-state index contributed by atoms with van der Waals surface area (Å²) < 4.78 is 5.58. The number of anilines is 1. The quantitative estimate of drug-likeness (QED) is 0.642. The van der Waals surface area contributed by atoms with Crippen molar-refractivity contribution in [3.05, 3.63) is 11.9 Å². The van der Waals surface area contributed by atoms with Crippen LogP contribution in [-0.2, 0) is 11.2 Å². The minimum atomic E-state index is 0.380. The molecule has 0 saturated carbocycles. The highest BCUT2D eigenvalue weighted by Gasteiger charge is 2.17. The normalized spacial score (nSPS) is 20.2. The van der Waals surface area contributed by atoms with Crippen LogP contribution in [0.1, 0.15) is 25.3 Å². The topological polar surface area (TPSA) is 61.0 Å². The lowest BCUT2D eigenvalue weighted by Crippen LogP contribution is -2.09. The highest BCUT2D eigenvalue weighted by atomic mass is 32.2. The van der Waals surface area contributed by atoms with Crippen molar-refractivity contribution in [1.29, 1.82) is 0 Å². The molecule has 5 heteroatoms. The molecule has 0 aromatic carbocycles. The maximum atomic E-state index is 5.82. The van der Waals surface area contributed by atoms with Gasteiger partial charge in [0, 0.05) is 17.9 Å². The molecule has 1 aromatic heterocycles. The van der Waals surface area contributed by atoms with E-state index >= 15 is 0 Å². The van der Waals surface area contributed by atoms with Gasteiger partial charge in [-0.2, -0.15) is 0 Å². The van der Waals surface area contributed by atoms with Gasteiger partial charge in [0.05, 0.1) is 6.10 Å². The van der Waals surface area contributed by atoms with Crippen molar-refractivity contribution in [3.8, 4) is 0 Å². The third kappa shape index (κ3) is 2.65. The van der Waals surface area contributed by atoms with Gasteiger partial charge < -0.3 is 10.5 Å². The number of rotatable bonds is 4. The van der Waals surface area contributed by atoms with Gasteiger partial charge in [0.2, 0.25) is 0 Å². The van der Waals surface area contributed by atoms with Crippen LogP contribution in [0.3, 0.4) is 0 Å². The zero-order valence-electron chi connectivity index (χ0n) is 9.48. The van der Waals surface area contributed by atoms with Crippen LogP contribution in [0, 0.1) is 0 Å². The first-order valence-electron chi connectivity index (χ1n) is 5.65. The number of hydrogen-bond donors (Lipinski definition) is 1. The van der Waals surface area contributed by atoms with Gasteiger partial charge in [0.25, 0.3) is 0 Å². The number of thioether (sulfide) groups is 1. The Hall–Kier alpha value is -0.810. The summed E-state index contributed by atoms with van der Waals surface area (Å²) in [7, 11) is 0. The van der Waals surface area contributed by atoms with E-state index in [1.807, 2.05) is 0 Å². The molecule has 0 aliphatic carbocycles. The van der Waals surface area contributed by atoms with Gasteiger partial charge in [-0.05, 0) is 19.3 Å². The monoisotopic (exact) mass is 239 g/mol. The first-order chi connectivity index (χ1) is 7.81. The maximum Gasteiger partial charge on any atom is 0.131 e. The first kappa shape index (κ1) is 11.7. The highest BCUT2D eigenvalue weighted by molar-refractivity contribution is 7.99. The Bertz CT molecular complexity index is 353. The lowest BCUT2D eigenvalue weighted by atomic mass is 10.2. The molecule has 2 heterocycles. The second-order valence-corrected chi connectivity index (χ2v) is 4.85. The summed E-state index contributed by atoms with van der Waals surface area (Å²) in [6.07, 6.45) is 5.13. The van der Waals surface area contributed by atoms with E-state index in [0.717, 1.165) is 35.8 Å². The van der Waals surface area contributed by atoms with Crippen LogP contribution in [-0.4, -0.2) is 28.4 Å². The first-order valence-corrected chi connectivity index (χ1v) is 6.63. The Labute approximate surface area is 100.0 Å². The summed E-state index contributed by atoms with van der Waals surface area (Å²) >= 11 is 1.73. The van der Waals surface area contributed by atoms with Crippen molar-refractivity contribution in [2.45, 2.75) is 37.3 Å². The summed E-state index contributed by atoms with van der Waals surface area (Å²) in [5.41, 5.74) is 6.88. The van der Waals surface area contributed by atoms with E-state index in [-0.39, 0.29) is 0 Å². The Kier molecular flexibility index (Phi) is 4.01. The average Bonchev–Trinajstić information content (AvgIpc) is 2.79. The van der Waals surface area contributed by atoms with E-state index in [4.69, 9.17) is 10.5 Å². The highest BCUT2D eigenvalue weighted by Crippen LogP contribution is 2.27. The number of nitrogens with two attached hydrogens (primary N) is 1. The molecule has 2 rings (SSSR count). The zero-order chi connectivity index (χ0) is 11.4. The molecular formula is C11H17N3OS. The molecule has 1 aliphatic heterocycles. The van der Waals surface area contributed by atoms with Gasteiger partial charge >= 0.3 is 0 Å². The smallest absolute Gasteiger partial charge is 0.131 e. The molecule has 0 amide bonds. The predicted octanol–water partition coefficient (Wildman–Crippen LogP) is 1.89. The third-order valence-electron chi connectivity index (χ3n) is 2.72. The molecule has 2 N–H and O–H groups in total. The largest absolute Gasteiger partial charge is 0.383 e. The fraction of sp³-hybridized carbons (Fsp3) is 0.636. The van der Waals surface area contributed by atoms with Crippen molar-refractivity contribution in [2.75, 3.05) is 18.1 Å². The van der Waals surface area contributed by atoms with Crippen molar-refractivity contribution in [1.82, 2.24) is 9.97 Å². The summed E-state index contributed by atoms with van der Waals surface area (Å²) in [5, 5.41) is 1.01. The zero-order valence-corrected chi connectivity index (χ0v) is 10.3. The number of ether oxygens (including phenoxy) is 1. The van der Waals surface area contributed by atoms with Crippen LogP contribution in [0.4, 0.5) is 5.82 Å². The van der Waals surface area contributed by atoms with Gasteiger partial charge in [-0.3, -0.25) is 0 Å². The van der Waals surface area contributed by atoms with Gasteiger partial charge in [0.1, 0.15) is 17.2 Å². The summed E-state index contributed by atoms with van der Waals surface area (Å²) in [4.78, 5) is 8.30. The average molecular weight is 239 g/mol. The second kappa shape index (κ2) is 5.50. The maximum absolute atomic E-state index is 5.82. The molecule has 1 fully saturated rings. The number of nitrogens with zero attached hydrogens (tertiary/aromatic N) is 2. The Balaban J connectivity index is 2.00. The Morgan fingerprint density at radius 3 is 3.12 bits per heavy atom. The predicted molar refractivity (Wildman–Crippen MR) is 65.5 cm³/mol. The Morgan fingerprint density at radius 2 is 2.44 bits per heavy atom. The summed E-state index contributed by atoms with van der Waals surface area (Å²) in [5.74, 6) is 1.57. The van der Waals surface area contributed by atoms with Crippen LogP contribution < -0.4 is 5.73 Å². The SMILES string of the molecule is CCc1c(N)ncnc1SCC1CCCO1. The summed E-state index contributed by atoms with van der Waals surface area (Å²) in [6, 6.07) is 0. The molecule has 1 aromatic rings. The molecule has 1 aliphatic rings. The lowest BCUT2D eigenvalue weighted by molar-refractivity contribution is 0.129. The molecule has 16 heavy (non-hydrogen) atoms. The van der Waals surface area contributed by atoms with Crippen molar-refractivity contribution in [2.24, 2.45) is 0 Å². The fourth-order valence-corrected chi connectivity index (χ4v) is 2.96. The summed E-state index contributed by atoms with van der Waals surface area (Å²) in [6.45, 7) is 2.98. The Morgan fingerprint density at radius 1 is 1.56 bits per heavy atom. The molecule has 1 atom stereocenters. The van der Waals surface area contributed by atoms with Crippen LogP contribution in [0.5, 0.6) is 0 Å². The van der Waals surface area contributed by atoms with Crippen molar-refractivity contribution < 1.29 is 4.74 Å². The molecular weight excluding hydrogens is 222 g/mol. The number of aromatic nitrogens is 2. The minimum absolute atomic E-state index is 0.380. The van der Waals surface area contributed by atoms with Crippen LogP contribution in [0.25, 0.3) is 0 Å². The molecule has 88 valence electrons. The fourth-order valence-electron chi connectivity index (χ4n) is 1.81. The standard InChI is InChI=1S/C11H17N3OS/c1-2-9-10(12)13-7-14-11(9)16-6-8-4-3-5-15-8/h7-8H,2-6H2,1H3,(H2,12,13,14). The molecule has 1 unspecified atom stereocenters. The molecule has 0 bridgehead atoms. The third-order valence-corrected chi connectivity index (χ3v) is 3.89. The molecule has 1 saturated heterocycles. The van der Waals surface area contributed by atoms with E-state index in [9.17, 15) is 0 Å². The van der Waals surface area contributed by atoms with E-state index in [1.165, 1.54) is 12.7 Å². The number of hydrogen-bond acceptors (Lipinski definition) is 5. The van der Waals surface area contributed by atoms with Gasteiger partial charge in [-0.25, -0.2) is 9.97 Å². The van der Waals surface area contributed by atoms with Gasteiger partial charge in [-0.15, -0.1) is 11.8 Å². The lowest BCUT2D eigenvalue weighted by Gasteiger charge is -2.11. The van der Waals surface area contributed by atoms with Crippen molar-refractivity contribution >= 4 is 17.6 Å². The van der Waals surface area contributed by atoms with E-state index in [0.29, 0.717) is 11.9 Å².